The fourth-order valence-electron chi connectivity index (χ4n) is 1.09. The highest BCUT2D eigenvalue weighted by molar-refractivity contribution is 7.94. The van der Waals surface area contributed by atoms with E-state index in [1.54, 1.807) is 11.4 Å². The molecule has 0 unspecified atom stereocenters. The molecule has 0 aromatic carbocycles. The fraction of sp³-hybridized carbons (Fsp3) is 0. The zero-order valence-corrected chi connectivity index (χ0v) is 10.3. The lowest BCUT2D eigenvalue weighted by molar-refractivity contribution is 0.603. The van der Waals surface area contributed by atoms with Gasteiger partial charge in [0.1, 0.15) is 9.36 Å². The third-order valence-electron chi connectivity index (χ3n) is 1.74. The minimum Gasteiger partial charge on any atom is -0.279 e. The highest BCUT2D eigenvalue weighted by Gasteiger charge is 2.14. The van der Waals surface area contributed by atoms with Crippen molar-refractivity contribution < 1.29 is 8.42 Å². The van der Waals surface area contributed by atoms with Gasteiger partial charge in [-0.3, -0.25) is 4.72 Å². The molecular formula is C9H7ClN2O2S2. The van der Waals surface area contributed by atoms with Gasteiger partial charge in [-0.15, -0.1) is 11.3 Å². The first-order chi connectivity index (χ1) is 7.58. The van der Waals surface area contributed by atoms with Gasteiger partial charge in [0, 0.05) is 6.20 Å². The Balaban J connectivity index is 2.29. The second-order valence-corrected chi connectivity index (χ2v) is 6.15. The van der Waals surface area contributed by atoms with E-state index in [4.69, 9.17) is 11.6 Å². The van der Waals surface area contributed by atoms with Crippen molar-refractivity contribution in [3.63, 3.8) is 0 Å². The Bertz CT molecular complexity index is 581. The number of thiophene rings is 1. The van der Waals surface area contributed by atoms with Crippen molar-refractivity contribution >= 4 is 38.6 Å². The number of pyridine rings is 1. The Hall–Kier alpha value is -1.11. The number of hydrogen-bond donors (Lipinski definition) is 1. The zero-order valence-electron chi connectivity index (χ0n) is 7.92. The molecule has 0 fully saturated rings. The second kappa shape index (κ2) is 4.40. The summed E-state index contributed by atoms with van der Waals surface area (Å²) in [5.74, 6) is 0. The number of anilines is 1. The molecule has 4 nitrogen and oxygen atoms in total. The molecule has 0 spiro atoms. The summed E-state index contributed by atoms with van der Waals surface area (Å²) in [6, 6.07) is 6.21. The van der Waals surface area contributed by atoms with Crippen molar-refractivity contribution in [2.45, 2.75) is 4.21 Å². The Kier molecular flexibility index (Phi) is 3.13. The van der Waals surface area contributed by atoms with Gasteiger partial charge >= 0.3 is 0 Å². The van der Waals surface area contributed by atoms with Crippen LogP contribution in [0.3, 0.4) is 0 Å². The lowest BCUT2D eigenvalue weighted by Crippen LogP contribution is -2.11. The number of nitrogens with zero attached hydrogens (tertiary/aromatic N) is 1. The number of sulfonamides is 1. The van der Waals surface area contributed by atoms with E-state index in [2.05, 4.69) is 9.71 Å². The van der Waals surface area contributed by atoms with E-state index in [0.29, 0.717) is 5.69 Å². The Labute approximate surface area is 102 Å². The van der Waals surface area contributed by atoms with Crippen LogP contribution in [0.15, 0.2) is 40.1 Å². The van der Waals surface area contributed by atoms with Gasteiger partial charge in [-0.1, -0.05) is 17.7 Å². The van der Waals surface area contributed by atoms with Crippen LogP contribution in [-0.2, 0) is 10.0 Å². The van der Waals surface area contributed by atoms with Gasteiger partial charge in [-0.2, -0.15) is 0 Å². The van der Waals surface area contributed by atoms with Gasteiger partial charge in [0.25, 0.3) is 10.0 Å². The van der Waals surface area contributed by atoms with Crippen LogP contribution in [0.25, 0.3) is 0 Å². The summed E-state index contributed by atoms with van der Waals surface area (Å²) in [5, 5.41) is 1.94. The average Bonchev–Trinajstić information content (AvgIpc) is 2.69. The highest BCUT2D eigenvalue weighted by Crippen LogP contribution is 2.20. The summed E-state index contributed by atoms with van der Waals surface area (Å²) in [7, 11) is -3.50. The maximum atomic E-state index is 11.8. The zero-order chi connectivity index (χ0) is 11.6. The fourth-order valence-corrected chi connectivity index (χ4v) is 3.30. The molecular weight excluding hydrogens is 268 g/mol. The van der Waals surface area contributed by atoms with E-state index in [-0.39, 0.29) is 9.36 Å². The topological polar surface area (TPSA) is 59.1 Å². The maximum absolute atomic E-state index is 11.8. The van der Waals surface area contributed by atoms with E-state index in [0.717, 1.165) is 11.3 Å². The molecule has 1 N–H and O–H groups in total. The van der Waals surface area contributed by atoms with Gasteiger partial charge < -0.3 is 0 Å². The van der Waals surface area contributed by atoms with E-state index in [9.17, 15) is 8.42 Å². The number of halogens is 1. The van der Waals surface area contributed by atoms with Gasteiger partial charge in [-0.05, 0) is 23.6 Å². The van der Waals surface area contributed by atoms with Crippen LogP contribution in [0, 0.1) is 0 Å². The van der Waals surface area contributed by atoms with Gasteiger partial charge in [0.15, 0.2) is 0 Å². The van der Waals surface area contributed by atoms with Crippen molar-refractivity contribution in [1.29, 1.82) is 0 Å². The summed E-state index contributed by atoms with van der Waals surface area (Å²) in [6.07, 6.45) is 1.44. The third kappa shape index (κ3) is 2.52. The molecule has 0 aliphatic rings. The largest absolute Gasteiger partial charge is 0.279 e. The van der Waals surface area contributed by atoms with Crippen molar-refractivity contribution in [2.75, 3.05) is 4.72 Å². The smallest absolute Gasteiger partial charge is 0.271 e. The number of hydrogen-bond acceptors (Lipinski definition) is 4. The van der Waals surface area contributed by atoms with E-state index < -0.39 is 10.0 Å². The Morgan fingerprint density at radius 2 is 2.19 bits per heavy atom. The van der Waals surface area contributed by atoms with Crippen LogP contribution < -0.4 is 4.72 Å². The van der Waals surface area contributed by atoms with Gasteiger partial charge in [0.2, 0.25) is 0 Å². The Morgan fingerprint density at radius 1 is 1.38 bits per heavy atom. The molecule has 84 valence electrons. The van der Waals surface area contributed by atoms with E-state index in [1.807, 2.05) is 0 Å². The molecule has 7 heteroatoms. The SMILES string of the molecule is O=S(=O)(Nc1ccnc(Cl)c1)c1cccs1. The number of aromatic nitrogens is 1. The molecule has 0 saturated heterocycles. The Morgan fingerprint density at radius 3 is 2.81 bits per heavy atom. The quantitative estimate of drug-likeness (QED) is 0.875. The number of nitrogens with one attached hydrogen (secondary N) is 1. The van der Waals surface area contributed by atoms with Crippen molar-refractivity contribution in [3.05, 3.63) is 41.0 Å². The molecule has 0 atom stereocenters. The van der Waals surface area contributed by atoms with E-state index >= 15 is 0 Å². The monoisotopic (exact) mass is 274 g/mol. The summed E-state index contributed by atoms with van der Waals surface area (Å²) >= 11 is 6.81. The van der Waals surface area contributed by atoms with Crippen LogP contribution in [0.1, 0.15) is 0 Å². The predicted molar refractivity (Wildman–Crippen MR) is 64.4 cm³/mol. The molecule has 16 heavy (non-hydrogen) atoms. The van der Waals surface area contributed by atoms with Crippen LogP contribution in [-0.4, -0.2) is 13.4 Å². The predicted octanol–water partition coefficient (Wildman–Crippen LogP) is 2.60. The minimum absolute atomic E-state index is 0.242. The lowest BCUT2D eigenvalue weighted by atomic mass is 10.4. The molecule has 0 aliphatic carbocycles. The molecule has 0 bridgehead atoms. The van der Waals surface area contributed by atoms with Crippen LogP contribution in [0.5, 0.6) is 0 Å². The molecule has 0 amide bonds. The molecule has 2 aromatic heterocycles. The molecule has 2 rings (SSSR count). The third-order valence-corrected chi connectivity index (χ3v) is 4.72. The van der Waals surface area contributed by atoms with Crippen molar-refractivity contribution in [2.24, 2.45) is 0 Å². The molecule has 2 aromatic rings. The first-order valence-corrected chi connectivity index (χ1v) is 7.00. The van der Waals surface area contributed by atoms with Crippen molar-refractivity contribution in [1.82, 2.24) is 4.98 Å². The first kappa shape index (κ1) is 11.4. The van der Waals surface area contributed by atoms with Gasteiger partial charge in [-0.25, -0.2) is 13.4 Å². The maximum Gasteiger partial charge on any atom is 0.271 e. The standard InChI is InChI=1S/C9H7ClN2O2S2/c10-8-6-7(3-4-11-8)12-16(13,14)9-2-1-5-15-9/h1-6H,(H,11,12). The van der Waals surface area contributed by atoms with Crippen LogP contribution >= 0.6 is 22.9 Å². The van der Waals surface area contributed by atoms with Crippen LogP contribution in [0.4, 0.5) is 5.69 Å². The average molecular weight is 275 g/mol. The summed E-state index contributed by atoms with van der Waals surface area (Å²) in [6.45, 7) is 0. The first-order valence-electron chi connectivity index (χ1n) is 4.26. The van der Waals surface area contributed by atoms with E-state index in [1.165, 1.54) is 24.4 Å². The highest BCUT2D eigenvalue weighted by atomic mass is 35.5. The summed E-state index contributed by atoms with van der Waals surface area (Å²) in [5.41, 5.74) is 0.397. The molecule has 0 saturated carbocycles. The minimum atomic E-state index is -3.50. The molecule has 2 heterocycles. The second-order valence-electron chi connectivity index (χ2n) is 2.90. The van der Waals surface area contributed by atoms with Crippen molar-refractivity contribution in [3.8, 4) is 0 Å². The van der Waals surface area contributed by atoms with Gasteiger partial charge in [0.05, 0.1) is 5.69 Å². The summed E-state index contributed by atoms with van der Waals surface area (Å²) in [4.78, 5) is 3.77. The normalized spacial score (nSPS) is 11.3. The number of rotatable bonds is 3. The lowest BCUT2D eigenvalue weighted by Gasteiger charge is -2.05. The van der Waals surface area contributed by atoms with Crippen LogP contribution in [0.2, 0.25) is 5.15 Å². The summed E-state index contributed by atoms with van der Waals surface area (Å²) < 4.78 is 26.3. The molecule has 0 radical (unpaired) electrons. The molecule has 0 aliphatic heterocycles.